The third kappa shape index (κ3) is 3.52. The largest absolute Gasteiger partial charge is 0.355 e. The van der Waals surface area contributed by atoms with Gasteiger partial charge in [0, 0.05) is 57.2 Å². The number of carbonyl (C=O) groups excluding carboxylic acids is 1. The zero-order valence-electron chi connectivity index (χ0n) is 16.5. The molecule has 3 fully saturated rings. The van der Waals surface area contributed by atoms with Crippen LogP contribution in [0, 0.1) is 5.92 Å². The number of nitrogens with zero attached hydrogens (tertiary/aromatic N) is 5. The first-order chi connectivity index (χ1) is 13.8. The van der Waals surface area contributed by atoms with Crippen molar-refractivity contribution in [2.75, 3.05) is 31.1 Å². The first kappa shape index (κ1) is 17.7. The Balaban J connectivity index is 1.37. The van der Waals surface area contributed by atoms with E-state index >= 15 is 0 Å². The van der Waals surface area contributed by atoms with Crippen molar-refractivity contribution in [2.45, 2.75) is 51.0 Å². The average Bonchev–Trinajstić information content (AvgIpc) is 3.20. The number of anilines is 1. The molecule has 1 saturated carbocycles. The maximum Gasteiger partial charge on any atom is 0.257 e. The third-order valence-electron chi connectivity index (χ3n) is 6.40. The summed E-state index contributed by atoms with van der Waals surface area (Å²) in [4.78, 5) is 26.7. The van der Waals surface area contributed by atoms with Gasteiger partial charge in [0.1, 0.15) is 11.6 Å². The summed E-state index contributed by atoms with van der Waals surface area (Å²) in [6.07, 6.45) is 13.1. The summed E-state index contributed by atoms with van der Waals surface area (Å²) in [5.74, 6) is 3.44. The van der Waals surface area contributed by atoms with Crippen LogP contribution in [0.3, 0.4) is 0 Å². The molecule has 1 aliphatic carbocycles. The summed E-state index contributed by atoms with van der Waals surface area (Å²) >= 11 is 0. The summed E-state index contributed by atoms with van der Waals surface area (Å²) in [6, 6.07) is 3.83. The molecule has 0 spiro atoms. The Morgan fingerprint density at radius 2 is 1.89 bits per heavy atom. The van der Waals surface area contributed by atoms with E-state index in [2.05, 4.69) is 20.6 Å². The average molecular weight is 380 g/mol. The molecule has 0 aromatic carbocycles. The Kier molecular flexibility index (Phi) is 4.79. The van der Waals surface area contributed by atoms with Crippen molar-refractivity contribution in [3.8, 4) is 0 Å². The number of piperidine rings is 1. The molecule has 6 heteroatoms. The molecular weight excluding hydrogens is 350 g/mol. The van der Waals surface area contributed by atoms with E-state index in [1.54, 1.807) is 0 Å². The number of rotatable bonds is 5. The topological polar surface area (TPSA) is 54.3 Å². The van der Waals surface area contributed by atoms with E-state index < -0.39 is 0 Å². The van der Waals surface area contributed by atoms with Crippen LogP contribution in [0.1, 0.15) is 60.6 Å². The van der Waals surface area contributed by atoms with Crippen LogP contribution in [-0.4, -0.2) is 51.5 Å². The lowest BCUT2D eigenvalue weighted by Crippen LogP contribution is -2.38. The molecule has 148 valence electrons. The van der Waals surface area contributed by atoms with Crippen LogP contribution in [-0.2, 0) is 6.54 Å². The lowest BCUT2D eigenvalue weighted by Gasteiger charge is -2.34. The van der Waals surface area contributed by atoms with Crippen molar-refractivity contribution >= 4 is 11.7 Å². The predicted octanol–water partition coefficient (Wildman–Crippen LogP) is 3.31. The SMILES string of the molecule is O=C(c1cccnc1N1CCCC(c2nccn2CC2CC2)C1)N1CCCC1. The molecule has 6 nitrogen and oxygen atoms in total. The number of imidazole rings is 1. The summed E-state index contributed by atoms with van der Waals surface area (Å²) in [5.41, 5.74) is 0.756. The molecule has 5 rings (SSSR count). The fourth-order valence-corrected chi connectivity index (χ4v) is 4.70. The van der Waals surface area contributed by atoms with Crippen LogP contribution in [0.5, 0.6) is 0 Å². The molecule has 0 bridgehead atoms. The summed E-state index contributed by atoms with van der Waals surface area (Å²) in [7, 11) is 0. The number of hydrogen-bond acceptors (Lipinski definition) is 4. The van der Waals surface area contributed by atoms with Gasteiger partial charge in [-0.3, -0.25) is 4.79 Å². The van der Waals surface area contributed by atoms with Crippen LogP contribution < -0.4 is 4.90 Å². The molecule has 2 aliphatic heterocycles. The van der Waals surface area contributed by atoms with Gasteiger partial charge in [-0.1, -0.05) is 0 Å². The summed E-state index contributed by atoms with van der Waals surface area (Å²) in [5, 5.41) is 0. The van der Waals surface area contributed by atoms with Crippen molar-refractivity contribution in [2.24, 2.45) is 5.92 Å². The number of carbonyl (C=O) groups is 1. The van der Waals surface area contributed by atoms with E-state index in [1.807, 2.05) is 29.4 Å². The fourth-order valence-electron chi connectivity index (χ4n) is 4.70. The molecular formula is C22H29N5O. The van der Waals surface area contributed by atoms with Crippen LogP contribution in [0.15, 0.2) is 30.7 Å². The van der Waals surface area contributed by atoms with Crippen molar-refractivity contribution < 1.29 is 4.79 Å². The standard InChI is InChI=1S/C22H29N5O/c28-22(25-11-1-2-12-25)19-6-3-9-23-21(19)26-13-4-5-18(16-26)20-24-10-14-27(20)15-17-7-8-17/h3,6,9-10,14,17-18H,1-2,4-5,7-8,11-13,15-16H2. The Hall–Kier alpha value is -2.37. The minimum absolute atomic E-state index is 0.137. The van der Waals surface area contributed by atoms with Crippen molar-refractivity contribution in [1.82, 2.24) is 19.4 Å². The van der Waals surface area contributed by atoms with Crippen LogP contribution in [0.25, 0.3) is 0 Å². The predicted molar refractivity (Wildman–Crippen MR) is 109 cm³/mol. The minimum Gasteiger partial charge on any atom is -0.355 e. The van der Waals surface area contributed by atoms with Crippen LogP contribution in [0.2, 0.25) is 0 Å². The number of amides is 1. The molecule has 2 aromatic rings. The zero-order valence-corrected chi connectivity index (χ0v) is 16.5. The zero-order chi connectivity index (χ0) is 18.9. The Morgan fingerprint density at radius 3 is 2.71 bits per heavy atom. The van der Waals surface area contributed by atoms with E-state index in [1.165, 1.54) is 18.7 Å². The maximum atomic E-state index is 13.0. The Bertz CT molecular complexity index is 837. The maximum absolute atomic E-state index is 13.0. The second-order valence-electron chi connectivity index (χ2n) is 8.54. The smallest absolute Gasteiger partial charge is 0.257 e. The molecule has 2 aromatic heterocycles. The molecule has 0 radical (unpaired) electrons. The monoisotopic (exact) mass is 379 g/mol. The van der Waals surface area contributed by atoms with E-state index in [4.69, 9.17) is 4.98 Å². The van der Waals surface area contributed by atoms with Gasteiger partial charge < -0.3 is 14.4 Å². The van der Waals surface area contributed by atoms with Crippen LogP contribution in [0.4, 0.5) is 5.82 Å². The van der Waals surface area contributed by atoms with Gasteiger partial charge in [-0.25, -0.2) is 9.97 Å². The van der Waals surface area contributed by atoms with Gasteiger partial charge in [0.15, 0.2) is 0 Å². The second kappa shape index (κ2) is 7.57. The first-order valence-electron chi connectivity index (χ1n) is 10.8. The van der Waals surface area contributed by atoms with Gasteiger partial charge in [0.25, 0.3) is 5.91 Å². The molecule has 0 N–H and O–H groups in total. The fraction of sp³-hybridized carbons (Fsp3) is 0.591. The summed E-state index contributed by atoms with van der Waals surface area (Å²) in [6.45, 7) is 4.69. The van der Waals surface area contributed by atoms with E-state index in [9.17, 15) is 4.79 Å². The third-order valence-corrected chi connectivity index (χ3v) is 6.40. The highest BCUT2D eigenvalue weighted by Crippen LogP contribution is 2.34. The van der Waals surface area contributed by atoms with Gasteiger partial charge >= 0.3 is 0 Å². The van der Waals surface area contributed by atoms with E-state index in [0.717, 1.165) is 75.7 Å². The molecule has 28 heavy (non-hydrogen) atoms. The normalized spacial score (nSPS) is 22.6. The number of aromatic nitrogens is 3. The second-order valence-corrected chi connectivity index (χ2v) is 8.54. The van der Waals surface area contributed by atoms with Gasteiger partial charge in [-0.15, -0.1) is 0 Å². The molecule has 2 saturated heterocycles. The molecule has 3 aliphatic rings. The quantitative estimate of drug-likeness (QED) is 0.800. The van der Waals surface area contributed by atoms with E-state index in [-0.39, 0.29) is 5.91 Å². The Labute approximate surface area is 166 Å². The summed E-state index contributed by atoms with van der Waals surface area (Å²) < 4.78 is 2.36. The number of pyridine rings is 1. The number of hydrogen-bond donors (Lipinski definition) is 0. The van der Waals surface area contributed by atoms with Crippen molar-refractivity contribution in [3.05, 3.63) is 42.1 Å². The highest BCUT2D eigenvalue weighted by molar-refractivity contribution is 5.99. The first-order valence-corrected chi connectivity index (χ1v) is 10.8. The van der Waals surface area contributed by atoms with Crippen molar-refractivity contribution in [3.63, 3.8) is 0 Å². The molecule has 1 atom stereocenters. The van der Waals surface area contributed by atoms with Gasteiger partial charge in [0.2, 0.25) is 0 Å². The number of likely N-dealkylation sites (tertiary alicyclic amines) is 1. The Morgan fingerprint density at radius 1 is 1.04 bits per heavy atom. The van der Waals surface area contributed by atoms with E-state index in [0.29, 0.717) is 5.92 Å². The molecule has 1 unspecified atom stereocenters. The van der Waals surface area contributed by atoms with Crippen LogP contribution >= 0.6 is 0 Å². The lowest BCUT2D eigenvalue weighted by atomic mass is 9.96. The lowest BCUT2D eigenvalue weighted by molar-refractivity contribution is 0.0793. The minimum atomic E-state index is 0.137. The van der Waals surface area contributed by atoms with Gasteiger partial charge in [-0.2, -0.15) is 0 Å². The molecule has 1 amide bonds. The van der Waals surface area contributed by atoms with Gasteiger partial charge in [-0.05, 0) is 56.6 Å². The van der Waals surface area contributed by atoms with Gasteiger partial charge in [0.05, 0.1) is 5.56 Å². The highest BCUT2D eigenvalue weighted by atomic mass is 16.2. The van der Waals surface area contributed by atoms with Crippen molar-refractivity contribution in [1.29, 1.82) is 0 Å². The molecule has 4 heterocycles. The highest BCUT2D eigenvalue weighted by Gasteiger charge is 2.30.